The molecule has 29 aromatic rings. The van der Waals surface area contributed by atoms with E-state index < -0.39 is 159 Å². The second-order valence-corrected chi connectivity index (χ2v) is 36.7. The van der Waals surface area contributed by atoms with Crippen molar-refractivity contribution in [2.24, 2.45) is 0 Å². The lowest BCUT2D eigenvalue weighted by molar-refractivity contribution is 1.61. The second kappa shape index (κ2) is 40.2. The molecule has 0 aliphatic heterocycles. The molecule has 0 spiro atoms. The largest absolute Gasteiger partial charge is 0.0636 e. The van der Waals surface area contributed by atoms with E-state index in [2.05, 4.69) is 267 Å². The van der Waals surface area contributed by atoms with Crippen LogP contribution in [0, 0.1) is 0 Å². The highest BCUT2D eigenvalue weighted by molar-refractivity contribution is 6.27. The minimum atomic E-state index is -0.807. The summed E-state index contributed by atoms with van der Waals surface area (Å²) in [6.45, 7) is 0. The first kappa shape index (κ1) is 64.3. The van der Waals surface area contributed by atoms with Gasteiger partial charge in [-0.15, -0.1) is 0 Å². The van der Waals surface area contributed by atoms with Gasteiger partial charge in [-0.1, -0.05) is 576 Å². The zero-order chi connectivity index (χ0) is 125. The van der Waals surface area contributed by atoms with E-state index in [1.807, 2.05) is 121 Å². The first-order valence-electron chi connectivity index (χ1n) is 64.0. The zero-order valence-electron chi connectivity index (χ0n) is 109. The third-order valence-electron chi connectivity index (χ3n) is 28.2. The maximum Gasteiger partial charge on any atom is 0.0636 e. The molecule has 0 aliphatic carbocycles. The summed E-state index contributed by atoms with van der Waals surface area (Å²) < 4.78 is 253. The summed E-state index contributed by atoms with van der Waals surface area (Å²) in [5.74, 6) is 0. The standard InChI is InChI=1S/C42H28.3C36H24/c1-3-14-30(15-4-1)41-37-22-9-10-23-38(37)42(31-16-5-2-6-17-31)40-28-33(25-26-39(40)41)32-19-11-20-34(27-32)36-24-12-18-29-13-7-8-21-35(29)36;3*1-3-13-26(14-4-1)35-31-19-9-10-20-32(31)36(27-15-5-2-6-16-27)34-24-28(22-23-33(34)35)30-21-11-17-25-12-7-8-18-29(25)30/h1-28H;3*1-24H/i;1D,2D,3D,4D,5D,6D,9D,10D,13D,14D,15D,16D,19D,20D,22D,23D,24D;7D,8D,11D,12D,17D,18D,21D;2D,5D,6D,15D,16D. The molecular formula is C150H100. The molecule has 0 N–H and O–H groups in total. The maximum absolute atomic E-state index is 9.80. The molecule has 0 saturated carbocycles. The summed E-state index contributed by atoms with van der Waals surface area (Å²) in [7, 11) is 0. The van der Waals surface area contributed by atoms with E-state index in [9.17, 15) is 5.48 Å². The third kappa shape index (κ3) is 17.0. The van der Waals surface area contributed by atoms with E-state index >= 15 is 0 Å². The van der Waals surface area contributed by atoms with E-state index in [0.29, 0.717) is 27.5 Å². The van der Waals surface area contributed by atoms with E-state index in [1.54, 1.807) is 42.5 Å². The molecule has 0 nitrogen and oxygen atoms in total. The molecule has 0 aromatic heterocycles. The van der Waals surface area contributed by atoms with Crippen LogP contribution < -0.4 is 0 Å². The highest BCUT2D eigenvalue weighted by atomic mass is 14.3. The average Bonchev–Trinajstić information content (AvgIpc) is 0.682. The minimum absolute atomic E-state index is 0.0473. The van der Waals surface area contributed by atoms with Gasteiger partial charge in [0.15, 0.2) is 0 Å². The van der Waals surface area contributed by atoms with Crippen molar-refractivity contribution in [3.63, 3.8) is 0 Å². The topological polar surface area (TPSA) is 0 Å². The monoisotopic (exact) mass is 1930 g/mol. The lowest BCUT2D eigenvalue weighted by Crippen LogP contribution is -1.91. The van der Waals surface area contributed by atoms with Crippen LogP contribution in [0.5, 0.6) is 0 Å². The Hall–Kier alpha value is -19.5. The highest BCUT2D eigenvalue weighted by Gasteiger charge is 2.25. The Morgan fingerprint density at radius 3 is 0.747 bits per heavy atom. The van der Waals surface area contributed by atoms with E-state index in [4.69, 9.17) is 34.3 Å². The molecule has 0 fully saturated rings. The van der Waals surface area contributed by atoms with Crippen LogP contribution >= 0.6 is 0 Å². The highest BCUT2D eigenvalue weighted by Crippen LogP contribution is 2.52. The molecular weight excluding hydrogens is 1800 g/mol. The summed E-state index contributed by atoms with van der Waals surface area (Å²) in [4.78, 5) is 0. The van der Waals surface area contributed by atoms with Gasteiger partial charge in [0.25, 0.3) is 0 Å². The number of benzene rings is 29. The second-order valence-electron chi connectivity index (χ2n) is 36.7. The molecule has 0 saturated heterocycles. The Labute approximate surface area is 914 Å². The molecule has 700 valence electrons. The molecule has 0 amide bonds. The molecule has 0 aliphatic rings. The van der Waals surface area contributed by atoms with Gasteiger partial charge in [0.1, 0.15) is 0 Å². The van der Waals surface area contributed by atoms with Gasteiger partial charge in [0, 0.05) is 0 Å². The normalized spacial score (nSPS) is 14.0. The first-order chi connectivity index (χ1) is 86.5. The van der Waals surface area contributed by atoms with Crippen LogP contribution in [-0.4, -0.2) is 0 Å². The molecule has 0 heteroatoms. The van der Waals surface area contributed by atoms with E-state index in [1.165, 1.54) is 76.8 Å². The summed E-state index contributed by atoms with van der Waals surface area (Å²) >= 11 is 0. The van der Waals surface area contributed by atoms with Crippen molar-refractivity contribution in [3.8, 4) is 145 Å². The molecule has 29 rings (SSSR count). The molecule has 150 heavy (non-hydrogen) atoms. The molecule has 0 bridgehead atoms. The fourth-order valence-corrected chi connectivity index (χ4v) is 21.7. The smallest absolute Gasteiger partial charge is 0.0622 e. The lowest BCUT2D eigenvalue weighted by atomic mass is 9.84. The molecule has 0 heterocycles. The summed E-state index contributed by atoms with van der Waals surface area (Å²) in [6, 6.07) is 130. The van der Waals surface area contributed by atoms with Crippen LogP contribution in [0.2, 0.25) is 0 Å². The fraction of sp³-hybridized carbons (Fsp3) is 0. The van der Waals surface area contributed by atoms with Crippen molar-refractivity contribution >= 4 is 129 Å². The van der Waals surface area contributed by atoms with Crippen LogP contribution in [0.25, 0.3) is 274 Å². The Morgan fingerprint density at radius 1 is 0.100 bits per heavy atom. The molecule has 29 aromatic carbocycles. The average molecular weight is 1930 g/mol. The van der Waals surface area contributed by atoms with Gasteiger partial charge in [-0.3, -0.25) is 0 Å². The van der Waals surface area contributed by atoms with E-state index in [-0.39, 0.29) is 87.2 Å². The minimum Gasteiger partial charge on any atom is -0.0622 e. The zero-order valence-corrected chi connectivity index (χ0v) is 80.5. The SMILES string of the molecule is [2H]c1c([2H])c([2H])c(-c2c3c([2H])c([2H])c([2H])c([2H])c3c(-c3c([2H])c([2H])c([2H])c([2H])c3[2H])c3c([2H])c(-c4cccc5ccccc45)c([2H])c([2H])c23)c([2H])c1[2H].[2H]c1c([2H])c([2H])c(-c2c3ccccc3c(-c3ccccc3)c3ccc(-c4cccc5ccccc45)cc23)c([2H])c1[2H].[2H]c1c([2H])c([2H])c2c(-c3ccc4c(-c5ccccc5)c5ccccc5c(-c5ccccc5)c4c3)c([2H])c([2H])c([2H])c2c1[2H].c1ccc(-c2c3ccccc3c(-c3ccccc3)c3cc(-c4cccc(-c5cccc6ccccc56)c4)ccc23)cc1. The van der Waals surface area contributed by atoms with Crippen LogP contribution in [0.1, 0.15) is 39.8 Å². The maximum atomic E-state index is 9.80. The fourth-order valence-electron chi connectivity index (χ4n) is 21.7. The number of fused-ring (bicyclic) bond motifs is 12. The van der Waals surface area contributed by atoms with Crippen LogP contribution in [-0.2, 0) is 0 Å². The van der Waals surface area contributed by atoms with E-state index in [0.717, 1.165) is 98.4 Å². The van der Waals surface area contributed by atoms with Crippen LogP contribution in [0.3, 0.4) is 0 Å². The van der Waals surface area contributed by atoms with Crippen molar-refractivity contribution in [2.45, 2.75) is 0 Å². The van der Waals surface area contributed by atoms with Crippen molar-refractivity contribution in [1.82, 2.24) is 0 Å². The van der Waals surface area contributed by atoms with Gasteiger partial charge in [-0.25, -0.2) is 0 Å². The Balaban J connectivity index is 0.000000115. The van der Waals surface area contributed by atoms with Crippen molar-refractivity contribution in [1.29, 1.82) is 0 Å². The third-order valence-corrected chi connectivity index (χ3v) is 28.2. The quantitative estimate of drug-likeness (QED) is 0.101. The number of hydrogen-bond donors (Lipinski definition) is 0. The number of hydrogen-bond acceptors (Lipinski definition) is 0. The Morgan fingerprint density at radius 2 is 0.347 bits per heavy atom. The molecule has 0 unspecified atom stereocenters. The van der Waals surface area contributed by atoms with Crippen molar-refractivity contribution < 1.29 is 39.8 Å². The lowest BCUT2D eigenvalue weighted by Gasteiger charge is -2.19. The van der Waals surface area contributed by atoms with Crippen LogP contribution in [0.4, 0.5) is 0 Å². The van der Waals surface area contributed by atoms with Gasteiger partial charge in [-0.2, -0.15) is 0 Å². The predicted octanol–water partition coefficient (Wildman–Crippen LogP) is 42.3. The predicted molar refractivity (Wildman–Crippen MR) is 647 cm³/mol. The van der Waals surface area contributed by atoms with Gasteiger partial charge >= 0.3 is 0 Å². The van der Waals surface area contributed by atoms with Gasteiger partial charge in [0.2, 0.25) is 0 Å². The molecule has 0 atom stereocenters. The van der Waals surface area contributed by atoms with Crippen molar-refractivity contribution in [2.75, 3.05) is 0 Å². The first-order valence-corrected chi connectivity index (χ1v) is 49.5. The summed E-state index contributed by atoms with van der Waals surface area (Å²) in [5.41, 5.74) is 18.1. The molecule has 0 radical (unpaired) electrons. The number of rotatable bonds is 13. The summed E-state index contributed by atoms with van der Waals surface area (Å²) in [6.07, 6.45) is 0. The van der Waals surface area contributed by atoms with Crippen molar-refractivity contribution in [3.05, 3.63) is 606 Å². The van der Waals surface area contributed by atoms with Gasteiger partial charge < -0.3 is 0 Å². The van der Waals surface area contributed by atoms with Gasteiger partial charge in [-0.05, 0) is 304 Å². The summed E-state index contributed by atoms with van der Waals surface area (Å²) in [5, 5.41) is 17.1. The Kier molecular flexibility index (Phi) is 17.3. The Bertz CT molecular complexity index is 12000. The van der Waals surface area contributed by atoms with Gasteiger partial charge in [0.05, 0.1) is 39.8 Å². The van der Waals surface area contributed by atoms with Crippen LogP contribution in [0.15, 0.2) is 606 Å².